The standard InChI is InChI=1S/C10H10F2N2O/c11-10(12)15-9-3-1-7(2-4-9)8(5-13)6-14/h1-6,10,13H,14H2/b8-6+,13-5?. The first-order valence-corrected chi connectivity index (χ1v) is 4.15. The van der Waals surface area contributed by atoms with Crippen LogP contribution in [0.25, 0.3) is 5.57 Å². The van der Waals surface area contributed by atoms with Gasteiger partial charge < -0.3 is 15.9 Å². The smallest absolute Gasteiger partial charge is 0.387 e. The lowest BCUT2D eigenvalue weighted by Crippen LogP contribution is -2.01. The topological polar surface area (TPSA) is 59.1 Å². The monoisotopic (exact) mass is 212 g/mol. The Morgan fingerprint density at radius 3 is 2.33 bits per heavy atom. The van der Waals surface area contributed by atoms with Crippen molar-refractivity contribution in [3.63, 3.8) is 0 Å². The van der Waals surface area contributed by atoms with Crippen LogP contribution in [0.3, 0.4) is 0 Å². The van der Waals surface area contributed by atoms with E-state index in [1.54, 1.807) is 12.1 Å². The Bertz CT molecular complexity index is 360. The molecule has 1 aromatic rings. The van der Waals surface area contributed by atoms with Gasteiger partial charge in [-0.15, -0.1) is 0 Å². The number of hydrogen-bond acceptors (Lipinski definition) is 3. The third-order valence-corrected chi connectivity index (χ3v) is 1.75. The first kappa shape index (κ1) is 11.2. The highest BCUT2D eigenvalue weighted by Gasteiger charge is 2.04. The summed E-state index contributed by atoms with van der Waals surface area (Å²) >= 11 is 0. The van der Waals surface area contributed by atoms with Gasteiger partial charge in [-0.3, -0.25) is 0 Å². The first-order valence-electron chi connectivity index (χ1n) is 4.15. The van der Waals surface area contributed by atoms with Gasteiger partial charge in [0.15, 0.2) is 0 Å². The lowest BCUT2D eigenvalue weighted by atomic mass is 10.1. The van der Waals surface area contributed by atoms with E-state index in [0.29, 0.717) is 11.1 Å². The van der Waals surface area contributed by atoms with E-state index < -0.39 is 6.61 Å². The molecular formula is C10H10F2N2O. The van der Waals surface area contributed by atoms with Gasteiger partial charge in [-0.05, 0) is 17.7 Å². The van der Waals surface area contributed by atoms with Crippen molar-refractivity contribution in [1.82, 2.24) is 0 Å². The van der Waals surface area contributed by atoms with Gasteiger partial charge in [0.2, 0.25) is 0 Å². The van der Waals surface area contributed by atoms with E-state index in [1.807, 2.05) is 0 Å². The average Bonchev–Trinajstić information content (AvgIpc) is 2.21. The maximum atomic E-state index is 11.8. The molecule has 0 amide bonds. The largest absolute Gasteiger partial charge is 0.435 e. The molecule has 15 heavy (non-hydrogen) atoms. The fourth-order valence-corrected chi connectivity index (χ4v) is 1.06. The molecule has 0 aliphatic rings. The maximum absolute atomic E-state index is 11.8. The summed E-state index contributed by atoms with van der Waals surface area (Å²) in [5, 5.41) is 7.04. The minimum atomic E-state index is -2.83. The van der Waals surface area contributed by atoms with Crippen molar-refractivity contribution in [1.29, 1.82) is 5.41 Å². The molecule has 0 aliphatic heterocycles. The number of rotatable bonds is 4. The van der Waals surface area contributed by atoms with Gasteiger partial charge in [0.1, 0.15) is 5.75 Å². The molecular weight excluding hydrogens is 202 g/mol. The molecule has 0 heterocycles. The Labute approximate surface area is 85.7 Å². The molecule has 0 saturated carbocycles. The van der Waals surface area contributed by atoms with Crippen molar-refractivity contribution in [2.75, 3.05) is 0 Å². The van der Waals surface area contributed by atoms with Gasteiger partial charge in [-0.1, -0.05) is 12.1 Å². The van der Waals surface area contributed by atoms with Gasteiger partial charge >= 0.3 is 6.61 Å². The van der Waals surface area contributed by atoms with Gasteiger partial charge in [-0.25, -0.2) is 0 Å². The van der Waals surface area contributed by atoms with Gasteiger partial charge in [0.05, 0.1) is 0 Å². The molecule has 0 fully saturated rings. The molecule has 1 aromatic carbocycles. The molecule has 1 rings (SSSR count). The number of nitrogens with one attached hydrogen (secondary N) is 1. The molecule has 5 heteroatoms. The lowest BCUT2D eigenvalue weighted by Gasteiger charge is -2.05. The van der Waals surface area contributed by atoms with E-state index in [1.165, 1.54) is 18.3 Å². The van der Waals surface area contributed by atoms with Crippen LogP contribution in [0, 0.1) is 5.41 Å². The maximum Gasteiger partial charge on any atom is 0.387 e. The van der Waals surface area contributed by atoms with Crippen LogP contribution >= 0.6 is 0 Å². The van der Waals surface area contributed by atoms with E-state index >= 15 is 0 Å². The summed E-state index contributed by atoms with van der Waals surface area (Å²) in [4.78, 5) is 0. The number of hydrogen-bond donors (Lipinski definition) is 2. The summed E-state index contributed by atoms with van der Waals surface area (Å²) in [7, 11) is 0. The predicted octanol–water partition coefficient (Wildman–Crippen LogP) is 2.24. The third kappa shape index (κ3) is 3.05. The zero-order valence-electron chi connectivity index (χ0n) is 7.78. The summed E-state index contributed by atoms with van der Waals surface area (Å²) in [6.07, 6.45) is 2.36. The third-order valence-electron chi connectivity index (χ3n) is 1.75. The van der Waals surface area contributed by atoms with Crippen LogP contribution < -0.4 is 10.5 Å². The first-order chi connectivity index (χ1) is 7.17. The Hall–Kier alpha value is -1.91. The number of nitrogens with two attached hydrogens (primary N) is 1. The van der Waals surface area contributed by atoms with E-state index in [-0.39, 0.29) is 5.75 Å². The Morgan fingerprint density at radius 1 is 1.33 bits per heavy atom. The number of allylic oxidation sites excluding steroid dienone is 1. The fourth-order valence-electron chi connectivity index (χ4n) is 1.06. The Balaban J connectivity index is 2.85. The van der Waals surface area contributed by atoms with Crippen LogP contribution in [0.2, 0.25) is 0 Å². The van der Waals surface area contributed by atoms with Crippen LogP contribution in [-0.2, 0) is 0 Å². The summed E-state index contributed by atoms with van der Waals surface area (Å²) in [6, 6.07) is 5.91. The molecule has 0 unspecified atom stereocenters. The SMILES string of the molecule is N=C/C(=C\N)c1ccc(OC(F)F)cc1. The van der Waals surface area contributed by atoms with E-state index in [0.717, 1.165) is 6.21 Å². The molecule has 3 N–H and O–H groups in total. The van der Waals surface area contributed by atoms with Crippen molar-refractivity contribution in [2.24, 2.45) is 5.73 Å². The second-order valence-corrected chi connectivity index (χ2v) is 2.67. The van der Waals surface area contributed by atoms with Crippen LogP contribution in [0.15, 0.2) is 30.5 Å². The molecule has 0 aliphatic carbocycles. The van der Waals surface area contributed by atoms with Crippen molar-refractivity contribution in [2.45, 2.75) is 6.61 Å². The van der Waals surface area contributed by atoms with Crippen molar-refractivity contribution in [3.8, 4) is 5.75 Å². The quantitative estimate of drug-likeness (QED) is 0.752. The normalized spacial score (nSPS) is 11.5. The minimum absolute atomic E-state index is 0.0788. The number of ether oxygens (including phenoxy) is 1. The van der Waals surface area contributed by atoms with Gasteiger partial charge in [0, 0.05) is 18.0 Å². The summed E-state index contributed by atoms with van der Waals surface area (Å²) in [6.45, 7) is -2.83. The molecule has 0 atom stereocenters. The summed E-state index contributed by atoms with van der Waals surface area (Å²) in [5.74, 6) is 0.0788. The van der Waals surface area contributed by atoms with Gasteiger partial charge in [-0.2, -0.15) is 8.78 Å². The second-order valence-electron chi connectivity index (χ2n) is 2.67. The van der Waals surface area contributed by atoms with Gasteiger partial charge in [0.25, 0.3) is 0 Å². The van der Waals surface area contributed by atoms with E-state index in [2.05, 4.69) is 4.74 Å². The lowest BCUT2D eigenvalue weighted by molar-refractivity contribution is -0.0498. The predicted molar refractivity (Wildman–Crippen MR) is 54.0 cm³/mol. The zero-order valence-corrected chi connectivity index (χ0v) is 7.78. The Morgan fingerprint density at radius 2 is 1.93 bits per heavy atom. The molecule has 0 saturated heterocycles. The van der Waals surface area contributed by atoms with Crippen molar-refractivity contribution in [3.05, 3.63) is 36.0 Å². The van der Waals surface area contributed by atoms with Crippen molar-refractivity contribution >= 4 is 11.8 Å². The number of alkyl halides is 2. The average molecular weight is 212 g/mol. The Kier molecular flexibility index (Phi) is 3.79. The highest BCUT2D eigenvalue weighted by molar-refractivity contribution is 6.08. The molecule has 3 nitrogen and oxygen atoms in total. The second kappa shape index (κ2) is 5.09. The molecule has 80 valence electrons. The van der Waals surface area contributed by atoms with E-state index in [9.17, 15) is 8.78 Å². The number of halogens is 2. The highest BCUT2D eigenvalue weighted by Crippen LogP contribution is 2.18. The highest BCUT2D eigenvalue weighted by atomic mass is 19.3. The van der Waals surface area contributed by atoms with Crippen molar-refractivity contribution < 1.29 is 13.5 Å². The van der Waals surface area contributed by atoms with Crippen LogP contribution in [0.5, 0.6) is 5.75 Å². The molecule has 0 spiro atoms. The van der Waals surface area contributed by atoms with Crippen LogP contribution in [0.1, 0.15) is 5.56 Å². The summed E-state index contributed by atoms with van der Waals surface area (Å²) < 4.78 is 27.8. The summed E-state index contributed by atoms with van der Waals surface area (Å²) in [5.41, 5.74) is 6.46. The zero-order chi connectivity index (χ0) is 11.3. The molecule has 0 radical (unpaired) electrons. The molecule has 0 bridgehead atoms. The van der Waals surface area contributed by atoms with Crippen LogP contribution in [0.4, 0.5) is 8.78 Å². The minimum Gasteiger partial charge on any atom is -0.435 e. The number of benzene rings is 1. The van der Waals surface area contributed by atoms with Crippen LogP contribution in [-0.4, -0.2) is 12.8 Å². The fraction of sp³-hybridized carbons (Fsp3) is 0.100. The molecule has 0 aromatic heterocycles. The van der Waals surface area contributed by atoms with E-state index in [4.69, 9.17) is 11.1 Å².